The van der Waals surface area contributed by atoms with Gasteiger partial charge in [0, 0.05) is 0 Å². The van der Waals surface area contributed by atoms with E-state index in [4.69, 9.17) is 0 Å². The van der Waals surface area contributed by atoms with Crippen molar-refractivity contribution in [3.63, 3.8) is 0 Å². The molecule has 0 saturated heterocycles. The zero-order chi connectivity index (χ0) is 12.4. The molecular weight excluding hydrogens is 220 g/mol. The molecule has 0 aliphatic rings. The molecule has 0 radical (unpaired) electrons. The monoisotopic (exact) mass is 244 g/mol. The highest BCUT2D eigenvalue weighted by Gasteiger charge is 2.19. The van der Waals surface area contributed by atoms with Crippen molar-refractivity contribution in [1.82, 2.24) is 0 Å². The van der Waals surface area contributed by atoms with Gasteiger partial charge < -0.3 is 0 Å². The number of hydrogen-bond donors (Lipinski definition) is 1. The molecule has 0 saturated carbocycles. The molecule has 0 fully saturated rings. The zero-order valence-corrected chi connectivity index (χ0v) is 11.4. The summed E-state index contributed by atoms with van der Waals surface area (Å²) in [6.07, 6.45) is 9.12. The molecule has 1 unspecified atom stereocenters. The van der Waals surface area contributed by atoms with Crippen LogP contribution >= 0.6 is 12.6 Å². The molecule has 1 atom stereocenters. The lowest BCUT2D eigenvalue weighted by atomic mass is 9.98. The Hall–Kier alpha value is -0.310. The van der Waals surface area contributed by atoms with E-state index in [1.165, 1.54) is 39.0 Å². The van der Waals surface area contributed by atoms with Crippen molar-refractivity contribution in [2.75, 3.05) is 0 Å². The number of rotatable bonds is 10. The topological polar surface area (TPSA) is 34.1 Å². The van der Waals surface area contributed by atoms with Crippen LogP contribution in [0.5, 0.6) is 0 Å². The summed E-state index contributed by atoms with van der Waals surface area (Å²) in [5, 5.41) is -0.279. The molecule has 0 N–H and O–H groups in total. The maximum absolute atomic E-state index is 11.1. The molecule has 2 nitrogen and oxygen atoms in total. The fraction of sp³-hybridized carbons (Fsp3) is 0.846. The summed E-state index contributed by atoms with van der Waals surface area (Å²) in [6, 6.07) is 0. The van der Waals surface area contributed by atoms with Crippen molar-refractivity contribution in [3.05, 3.63) is 0 Å². The maximum Gasteiger partial charge on any atom is 0.196 e. The number of thiol groups is 1. The van der Waals surface area contributed by atoms with E-state index in [2.05, 4.69) is 19.6 Å². The molecule has 0 aliphatic carbocycles. The second-order valence-electron chi connectivity index (χ2n) is 4.41. The second kappa shape index (κ2) is 9.88. The highest BCUT2D eigenvalue weighted by atomic mass is 32.1. The number of carbonyl (C=O) groups is 2. The van der Waals surface area contributed by atoms with E-state index in [1.54, 1.807) is 0 Å². The first-order valence-electron chi connectivity index (χ1n) is 6.32. The number of unbranched alkanes of at least 4 members (excludes halogenated alkanes) is 6. The number of Topliss-reactive ketones (excluding diaryl/α,β-unsaturated/α-hetero) is 1. The highest BCUT2D eigenvalue weighted by molar-refractivity contribution is 7.96. The SMILES string of the molecule is CCCCCCCCCC(C(C)=O)C(=O)S. The molecule has 0 amide bonds. The molecule has 3 heteroatoms. The van der Waals surface area contributed by atoms with Crippen LogP contribution in [0, 0.1) is 5.92 Å². The molecule has 16 heavy (non-hydrogen) atoms. The summed E-state index contributed by atoms with van der Waals surface area (Å²) in [7, 11) is 0. The molecule has 0 spiro atoms. The van der Waals surface area contributed by atoms with Crippen molar-refractivity contribution in [3.8, 4) is 0 Å². The van der Waals surface area contributed by atoms with Gasteiger partial charge in [0.15, 0.2) is 5.12 Å². The Morgan fingerprint density at radius 3 is 1.94 bits per heavy atom. The lowest BCUT2D eigenvalue weighted by molar-refractivity contribution is -0.127. The van der Waals surface area contributed by atoms with Gasteiger partial charge in [-0.15, -0.1) is 12.6 Å². The number of carbonyl (C=O) groups excluding carboxylic acids is 2. The Bertz CT molecular complexity index is 200. The van der Waals surface area contributed by atoms with Crippen LogP contribution < -0.4 is 0 Å². The highest BCUT2D eigenvalue weighted by Crippen LogP contribution is 2.15. The third-order valence-electron chi connectivity index (χ3n) is 2.89. The third-order valence-corrected chi connectivity index (χ3v) is 3.20. The first-order valence-corrected chi connectivity index (χ1v) is 6.77. The van der Waals surface area contributed by atoms with Gasteiger partial charge in [0.05, 0.1) is 5.92 Å². The predicted octanol–water partition coefficient (Wildman–Crippen LogP) is 3.79. The first-order chi connectivity index (χ1) is 7.59. The van der Waals surface area contributed by atoms with Crippen molar-refractivity contribution in [1.29, 1.82) is 0 Å². The van der Waals surface area contributed by atoms with Crippen LogP contribution in [0.1, 0.15) is 65.2 Å². The van der Waals surface area contributed by atoms with Gasteiger partial charge >= 0.3 is 0 Å². The molecule has 0 bridgehead atoms. The Morgan fingerprint density at radius 1 is 1.00 bits per heavy atom. The largest absolute Gasteiger partial charge is 0.299 e. The van der Waals surface area contributed by atoms with Gasteiger partial charge in [-0.1, -0.05) is 51.9 Å². The van der Waals surface area contributed by atoms with Gasteiger partial charge in [-0.2, -0.15) is 0 Å². The summed E-state index contributed by atoms with van der Waals surface area (Å²) in [4.78, 5) is 22.2. The molecule has 0 aromatic carbocycles. The Balaban J connectivity index is 3.48. The fourth-order valence-electron chi connectivity index (χ4n) is 1.81. The van der Waals surface area contributed by atoms with Crippen LogP contribution in [0.25, 0.3) is 0 Å². The smallest absolute Gasteiger partial charge is 0.196 e. The van der Waals surface area contributed by atoms with Crippen molar-refractivity contribution in [2.45, 2.75) is 65.2 Å². The molecule has 0 heterocycles. The molecule has 0 rings (SSSR count). The van der Waals surface area contributed by atoms with Crippen molar-refractivity contribution < 1.29 is 9.59 Å². The standard InChI is InChI=1S/C13H24O2S/c1-3-4-5-6-7-8-9-10-12(11(2)14)13(15)16/h12H,3-10H2,1-2H3,(H,15,16). The van der Waals surface area contributed by atoms with E-state index >= 15 is 0 Å². The summed E-state index contributed by atoms with van der Waals surface area (Å²) in [6.45, 7) is 3.68. The van der Waals surface area contributed by atoms with E-state index in [0.29, 0.717) is 6.42 Å². The van der Waals surface area contributed by atoms with Crippen LogP contribution in [-0.2, 0) is 9.59 Å². The van der Waals surface area contributed by atoms with Gasteiger partial charge in [-0.05, 0) is 13.3 Å². The predicted molar refractivity (Wildman–Crippen MR) is 70.8 cm³/mol. The Morgan fingerprint density at radius 2 is 1.50 bits per heavy atom. The van der Waals surface area contributed by atoms with Gasteiger partial charge in [0.2, 0.25) is 0 Å². The molecule has 0 aromatic rings. The zero-order valence-electron chi connectivity index (χ0n) is 10.5. The molecular formula is C13H24O2S. The minimum Gasteiger partial charge on any atom is -0.299 e. The summed E-state index contributed by atoms with van der Waals surface area (Å²) >= 11 is 3.74. The molecule has 0 aliphatic heterocycles. The number of hydrogen-bond acceptors (Lipinski definition) is 2. The Kier molecular flexibility index (Phi) is 9.69. The van der Waals surface area contributed by atoms with E-state index in [0.717, 1.165) is 12.8 Å². The van der Waals surface area contributed by atoms with Gasteiger partial charge in [0.25, 0.3) is 0 Å². The van der Waals surface area contributed by atoms with E-state index in [9.17, 15) is 9.59 Å². The average molecular weight is 244 g/mol. The van der Waals surface area contributed by atoms with Crippen LogP contribution in [0.15, 0.2) is 0 Å². The van der Waals surface area contributed by atoms with E-state index in [-0.39, 0.29) is 10.9 Å². The second-order valence-corrected chi connectivity index (χ2v) is 4.85. The third kappa shape index (κ3) is 7.91. The molecule has 94 valence electrons. The summed E-state index contributed by atoms with van der Waals surface area (Å²) in [5.41, 5.74) is 0. The van der Waals surface area contributed by atoms with Crippen LogP contribution in [0.3, 0.4) is 0 Å². The lowest BCUT2D eigenvalue weighted by Gasteiger charge is -2.08. The van der Waals surface area contributed by atoms with Gasteiger partial charge in [0.1, 0.15) is 5.78 Å². The van der Waals surface area contributed by atoms with Crippen LogP contribution in [-0.4, -0.2) is 10.9 Å². The van der Waals surface area contributed by atoms with E-state index < -0.39 is 5.92 Å². The van der Waals surface area contributed by atoms with Gasteiger partial charge in [-0.25, -0.2) is 0 Å². The average Bonchev–Trinajstić information content (AvgIpc) is 2.21. The first kappa shape index (κ1) is 15.7. The Labute approximate surface area is 105 Å². The van der Waals surface area contributed by atoms with Crippen molar-refractivity contribution in [2.24, 2.45) is 5.92 Å². The minimum absolute atomic E-state index is 0.0500. The van der Waals surface area contributed by atoms with Gasteiger partial charge in [-0.3, -0.25) is 9.59 Å². The minimum atomic E-state index is -0.473. The van der Waals surface area contributed by atoms with Crippen molar-refractivity contribution >= 4 is 23.5 Å². The maximum atomic E-state index is 11.1. The van der Waals surface area contributed by atoms with Crippen LogP contribution in [0.2, 0.25) is 0 Å². The normalized spacial score (nSPS) is 12.4. The summed E-state index contributed by atoms with van der Waals surface area (Å²) in [5.74, 6) is -0.523. The quantitative estimate of drug-likeness (QED) is 0.360. The van der Waals surface area contributed by atoms with E-state index in [1.807, 2.05) is 0 Å². The fourth-order valence-corrected chi connectivity index (χ4v) is 2.12. The lowest BCUT2D eigenvalue weighted by Crippen LogP contribution is -2.17. The number of ketones is 1. The summed E-state index contributed by atoms with van der Waals surface area (Å²) < 4.78 is 0. The van der Waals surface area contributed by atoms with Crippen LogP contribution in [0.4, 0.5) is 0 Å². The molecule has 0 aromatic heterocycles.